The summed E-state index contributed by atoms with van der Waals surface area (Å²) in [6.07, 6.45) is -4.54. The molecule has 0 radical (unpaired) electrons. The number of benzene rings is 2. The predicted octanol–water partition coefficient (Wildman–Crippen LogP) is 5.20. The Hall–Kier alpha value is -2.32. The second-order valence-electron chi connectivity index (χ2n) is 4.86. The number of anilines is 3. The van der Waals surface area contributed by atoms with E-state index in [1.165, 1.54) is 23.5 Å². The van der Waals surface area contributed by atoms with Gasteiger partial charge in [-0.2, -0.15) is 13.2 Å². The van der Waals surface area contributed by atoms with Crippen molar-refractivity contribution in [3.63, 3.8) is 0 Å². The number of rotatable bonds is 3. The fourth-order valence-electron chi connectivity index (χ4n) is 2.15. The molecule has 0 atom stereocenters. The lowest BCUT2D eigenvalue weighted by atomic mass is 10.0. The van der Waals surface area contributed by atoms with E-state index in [-0.39, 0.29) is 5.02 Å². The molecule has 0 fully saturated rings. The third-order valence-corrected chi connectivity index (χ3v) is 4.18. The smallest absolute Gasteiger partial charge is 0.398 e. The van der Waals surface area contributed by atoms with Crippen molar-refractivity contribution < 1.29 is 13.2 Å². The van der Waals surface area contributed by atoms with Gasteiger partial charge < -0.3 is 11.1 Å². The van der Waals surface area contributed by atoms with Crippen molar-refractivity contribution in [2.75, 3.05) is 11.1 Å². The van der Waals surface area contributed by atoms with E-state index in [1.807, 2.05) is 0 Å². The van der Waals surface area contributed by atoms with Gasteiger partial charge in [-0.1, -0.05) is 29.0 Å². The minimum absolute atomic E-state index is 0.324. The van der Waals surface area contributed by atoms with Crippen LogP contribution >= 0.6 is 22.9 Å². The molecule has 0 saturated carbocycles. The molecule has 124 valence electrons. The molecule has 0 aliphatic heterocycles. The first-order chi connectivity index (χ1) is 11.3. The molecule has 3 aromatic rings. The van der Waals surface area contributed by atoms with Crippen molar-refractivity contribution in [3.05, 3.63) is 52.5 Å². The first-order valence-corrected chi connectivity index (χ1v) is 7.90. The average molecular weight is 371 g/mol. The average Bonchev–Trinajstić information content (AvgIpc) is 3.02. The summed E-state index contributed by atoms with van der Waals surface area (Å²) in [7, 11) is 0. The molecule has 1 aromatic heterocycles. The number of nitrogens with two attached hydrogens (primary N) is 1. The van der Waals surface area contributed by atoms with E-state index in [4.69, 9.17) is 17.3 Å². The van der Waals surface area contributed by atoms with Gasteiger partial charge in [-0.15, -0.1) is 10.2 Å². The predicted molar refractivity (Wildman–Crippen MR) is 89.5 cm³/mol. The Morgan fingerprint density at radius 2 is 1.92 bits per heavy atom. The number of hydrogen-bond donors (Lipinski definition) is 2. The largest absolute Gasteiger partial charge is 0.417 e. The first-order valence-electron chi connectivity index (χ1n) is 6.64. The Bertz CT molecular complexity index is 866. The summed E-state index contributed by atoms with van der Waals surface area (Å²) in [4.78, 5) is 0. The topological polar surface area (TPSA) is 63.8 Å². The SMILES string of the molecule is Nc1ccc(Nc2nncs2)cc1-c1ccc(Cl)c(C(F)(F)F)c1. The number of nitrogens with one attached hydrogen (secondary N) is 1. The van der Waals surface area contributed by atoms with Gasteiger partial charge in [0.05, 0.1) is 10.6 Å². The standard InChI is InChI=1S/C15H10ClF3N4S/c16-12-3-1-8(5-11(12)15(17,18)19)10-6-9(2-4-13(10)20)22-14-23-21-7-24-14/h1-7H,20H2,(H,22,23). The molecule has 3 rings (SSSR count). The molecule has 4 nitrogen and oxygen atoms in total. The summed E-state index contributed by atoms with van der Waals surface area (Å²) in [6.45, 7) is 0. The van der Waals surface area contributed by atoms with Gasteiger partial charge in [0, 0.05) is 16.9 Å². The van der Waals surface area contributed by atoms with Crippen molar-refractivity contribution in [1.29, 1.82) is 0 Å². The van der Waals surface area contributed by atoms with Crippen molar-refractivity contribution >= 4 is 39.4 Å². The fourth-order valence-corrected chi connectivity index (χ4v) is 2.83. The van der Waals surface area contributed by atoms with Crippen LogP contribution in [0.4, 0.5) is 29.7 Å². The van der Waals surface area contributed by atoms with Gasteiger partial charge in [-0.3, -0.25) is 0 Å². The van der Waals surface area contributed by atoms with Gasteiger partial charge in [-0.05, 0) is 35.9 Å². The molecule has 0 amide bonds. The third kappa shape index (κ3) is 3.44. The number of hydrogen-bond acceptors (Lipinski definition) is 5. The van der Waals surface area contributed by atoms with Crippen LogP contribution < -0.4 is 11.1 Å². The molecular weight excluding hydrogens is 361 g/mol. The lowest BCUT2D eigenvalue weighted by Gasteiger charge is -2.13. The van der Waals surface area contributed by atoms with Gasteiger partial charge >= 0.3 is 6.18 Å². The number of aromatic nitrogens is 2. The molecule has 2 aromatic carbocycles. The molecule has 9 heteroatoms. The Morgan fingerprint density at radius 3 is 2.58 bits per heavy atom. The summed E-state index contributed by atoms with van der Waals surface area (Å²) < 4.78 is 39.1. The van der Waals surface area contributed by atoms with Crippen LogP contribution in [0, 0.1) is 0 Å². The maximum Gasteiger partial charge on any atom is 0.417 e. The maximum atomic E-state index is 13.0. The van der Waals surface area contributed by atoms with Crippen molar-refractivity contribution in [1.82, 2.24) is 10.2 Å². The summed E-state index contributed by atoms with van der Waals surface area (Å²) >= 11 is 6.96. The zero-order chi connectivity index (χ0) is 17.3. The monoisotopic (exact) mass is 370 g/mol. The minimum Gasteiger partial charge on any atom is -0.398 e. The lowest BCUT2D eigenvalue weighted by molar-refractivity contribution is -0.137. The Labute approximate surface area is 144 Å². The summed E-state index contributed by atoms with van der Waals surface area (Å²) in [5.41, 5.74) is 8.37. The van der Waals surface area contributed by atoms with Gasteiger partial charge in [-0.25, -0.2) is 0 Å². The summed E-state index contributed by atoms with van der Waals surface area (Å²) in [6, 6.07) is 8.67. The quantitative estimate of drug-likeness (QED) is 0.622. The van der Waals surface area contributed by atoms with Crippen LogP contribution in [0.5, 0.6) is 0 Å². The molecule has 24 heavy (non-hydrogen) atoms. The second kappa shape index (κ2) is 6.29. The Balaban J connectivity index is 2.03. The molecule has 0 aliphatic carbocycles. The minimum atomic E-state index is -4.54. The van der Waals surface area contributed by atoms with Gasteiger partial charge in [0.1, 0.15) is 5.51 Å². The number of nitrogen functional groups attached to an aromatic ring is 1. The number of halogens is 4. The van der Waals surface area contributed by atoms with Crippen LogP contribution in [0.1, 0.15) is 5.56 Å². The third-order valence-electron chi connectivity index (χ3n) is 3.25. The molecular formula is C15H10ClF3N4S. The number of nitrogens with zero attached hydrogens (tertiary/aromatic N) is 2. The maximum absolute atomic E-state index is 13.0. The second-order valence-corrected chi connectivity index (χ2v) is 6.10. The van der Waals surface area contributed by atoms with E-state index < -0.39 is 11.7 Å². The summed E-state index contributed by atoms with van der Waals surface area (Å²) in [5, 5.41) is 10.8. The Morgan fingerprint density at radius 1 is 1.12 bits per heavy atom. The van der Waals surface area contributed by atoms with Gasteiger partial charge in [0.25, 0.3) is 0 Å². The van der Waals surface area contributed by atoms with Crippen LogP contribution in [0.3, 0.4) is 0 Å². The molecule has 3 N–H and O–H groups in total. The van der Waals surface area contributed by atoms with Gasteiger partial charge in [0.15, 0.2) is 0 Å². The Kier molecular flexibility index (Phi) is 4.33. The van der Waals surface area contributed by atoms with E-state index in [0.717, 1.165) is 6.07 Å². The molecule has 1 heterocycles. The van der Waals surface area contributed by atoms with Crippen molar-refractivity contribution in [2.45, 2.75) is 6.18 Å². The highest BCUT2D eigenvalue weighted by atomic mass is 35.5. The highest BCUT2D eigenvalue weighted by Gasteiger charge is 2.33. The fraction of sp³-hybridized carbons (Fsp3) is 0.0667. The normalized spacial score (nSPS) is 11.5. The first kappa shape index (κ1) is 16.5. The van der Waals surface area contributed by atoms with Crippen LogP contribution in [0.25, 0.3) is 11.1 Å². The van der Waals surface area contributed by atoms with Gasteiger partial charge in [0.2, 0.25) is 5.13 Å². The molecule has 0 unspecified atom stereocenters. The van der Waals surface area contributed by atoms with Crippen LogP contribution in [0.15, 0.2) is 41.9 Å². The van der Waals surface area contributed by atoms with Crippen molar-refractivity contribution in [3.8, 4) is 11.1 Å². The molecule has 0 spiro atoms. The van der Waals surface area contributed by atoms with E-state index in [1.54, 1.807) is 23.7 Å². The zero-order valence-electron chi connectivity index (χ0n) is 11.9. The van der Waals surface area contributed by atoms with E-state index in [2.05, 4.69) is 15.5 Å². The van der Waals surface area contributed by atoms with E-state index in [9.17, 15) is 13.2 Å². The van der Waals surface area contributed by atoms with Crippen LogP contribution in [0.2, 0.25) is 5.02 Å². The van der Waals surface area contributed by atoms with E-state index >= 15 is 0 Å². The van der Waals surface area contributed by atoms with Crippen molar-refractivity contribution in [2.24, 2.45) is 0 Å². The van der Waals surface area contributed by atoms with Crippen LogP contribution in [-0.4, -0.2) is 10.2 Å². The summed E-state index contributed by atoms with van der Waals surface area (Å²) in [5.74, 6) is 0. The highest BCUT2D eigenvalue weighted by molar-refractivity contribution is 7.13. The highest BCUT2D eigenvalue weighted by Crippen LogP contribution is 2.39. The lowest BCUT2D eigenvalue weighted by Crippen LogP contribution is -2.06. The zero-order valence-corrected chi connectivity index (χ0v) is 13.5. The molecule has 0 saturated heterocycles. The molecule has 0 bridgehead atoms. The number of alkyl halides is 3. The molecule has 0 aliphatic rings. The van der Waals surface area contributed by atoms with Crippen LogP contribution in [-0.2, 0) is 6.18 Å². The van der Waals surface area contributed by atoms with E-state index in [0.29, 0.717) is 27.6 Å².